The van der Waals surface area contributed by atoms with Crippen LogP contribution in [0.5, 0.6) is 0 Å². The first-order chi connectivity index (χ1) is 15.8. The van der Waals surface area contributed by atoms with Crippen LogP contribution in [-0.2, 0) is 17.6 Å². The summed E-state index contributed by atoms with van der Waals surface area (Å²) in [7, 11) is 2.10. The molecule has 5 nitrogen and oxygen atoms in total. The second-order valence-corrected chi connectivity index (χ2v) is 9.53. The summed E-state index contributed by atoms with van der Waals surface area (Å²) < 4.78 is 29.6. The SMILES string of the molecule is CC1CCc2c(ccc3c2nc(CC(C(=O)O)c2ccc(F)c(F)c2)n3C2CCCC2)N1C. The Balaban J connectivity index is 1.63. The van der Waals surface area contributed by atoms with Gasteiger partial charge in [0.05, 0.1) is 17.0 Å². The van der Waals surface area contributed by atoms with Crippen LogP contribution in [0, 0.1) is 11.6 Å². The molecule has 1 aromatic heterocycles. The maximum atomic E-state index is 13.9. The summed E-state index contributed by atoms with van der Waals surface area (Å²) in [6, 6.07) is 8.36. The van der Waals surface area contributed by atoms with Gasteiger partial charge in [0.1, 0.15) is 5.82 Å². The Morgan fingerprint density at radius 3 is 2.61 bits per heavy atom. The first-order valence-corrected chi connectivity index (χ1v) is 11.8. The number of nitrogens with zero attached hydrogens (tertiary/aromatic N) is 3. The Labute approximate surface area is 192 Å². The largest absolute Gasteiger partial charge is 0.481 e. The average Bonchev–Trinajstić information content (AvgIpc) is 3.43. The molecule has 1 saturated carbocycles. The van der Waals surface area contributed by atoms with Gasteiger partial charge in [0.2, 0.25) is 0 Å². The van der Waals surface area contributed by atoms with Crippen LogP contribution in [0.2, 0.25) is 0 Å². The summed E-state index contributed by atoms with van der Waals surface area (Å²) in [6.07, 6.45) is 6.46. The van der Waals surface area contributed by atoms with Crippen molar-refractivity contribution in [2.24, 2.45) is 0 Å². The lowest BCUT2D eigenvalue weighted by Crippen LogP contribution is -2.33. The highest BCUT2D eigenvalue weighted by molar-refractivity contribution is 5.86. The fourth-order valence-corrected chi connectivity index (χ4v) is 5.59. The van der Waals surface area contributed by atoms with Crippen molar-refractivity contribution in [1.29, 1.82) is 0 Å². The van der Waals surface area contributed by atoms with E-state index in [1.165, 1.54) is 17.3 Å². The molecule has 2 aliphatic rings. The third kappa shape index (κ3) is 3.77. The zero-order chi connectivity index (χ0) is 23.3. The van der Waals surface area contributed by atoms with Gasteiger partial charge in [-0.15, -0.1) is 0 Å². The summed E-state index contributed by atoms with van der Waals surface area (Å²) in [6.45, 7) is 2.22. The topological polar surface area (TPSA) is 58.4 Å². The number of carbonyl (C=O) groups is 1. The van der Waals surface area contributed by atoms with E-state index in [-0.39, 0.29) is 18.0 Å². The van der Waals surface area contributed by atoms with Crippen LogP contribution in [0.15, 0.2) is 30.3 Å². The van der Waals surface area contributed by atoms with Crippen LogP contribution in [0.3, 0.4) is 0 Å². The van der Waals surface area contributed by atoms with Crippen LogP contribution < -0.4 is 4.90 Å². The zero-order valence-corrected chi connectivity index (χ0v) is 19.0. The maximum Gasteiger partial charge on any atom is 0.311 e. The summed E-state index contributed by atoms with van der Waals surface area (Å²) in [5.41, 5.74) is 4.64. The minimum atomic E-state index is -1.07. The maximum absolute atomic E-state index is 13.9. The molecule has 2 aromatic carbocycles. The highest BCUT2D eigenvalue weighted by atomic mass is 19.2. The number of imidazole rings is 1. The normalized spacial score (nSPS) is 19.8. The summed E-state index contributed by atoms with van der Waals surface area (Å²) in [4.78, 5) is 19.5. The van der Waals surface area contributed by atoms with Gasteiger partial charge < -0.3 is 14.6 Å². The van der Waals surface area contributed by atoms with E-state index >= 15 is 0 Å². The molecule has 1 fully saturated rings. The van der Waals surface area contributed by atoms with Crippen molar-refractivity contribution in [2.75, 3.05) is 11.9 Å². The molecule has 174 valence electrons. The van der Waals surface area contributed by atoms with Crippen molar-refractivity contribution >= 4 is 22.7 Å². The number of anilines is 1. The molecule has 33 heavy (non-hydrogen) atoms. The number of aliphatic carboxylic acids is 1. The number of carboxylic acid groups (broad SMARTS) is 1. The minimum absolute atomic E-state index is 0.132. The number of fused-ring (bicyclic) bond motifs is 3. The number of rotatable bonds is 5. The Morgan fingerprint density at radius 2 is 1.91 bits per heavy atom. The number of benzene rings is 2. The smallest absolute Gasteiger partial charge is 0.311 e. The molecule has 0 saturated heterocycles. The molecule has 0 amide bonds. The monoisotopic (exact) mass is 453 g/mol. The predicted molar refractivity (Wildman–Crippen MR) is 124 cm³/mol. The van der Waals surface area contributed by atoms with Crippen molar-refractivity contribution in [3.05, 3.63) is 58.9 Å². The minimum Gasteiger partial charge on any atom is -0.481 e. The van der Waals surface area contributed by atoms with Crippen molar-refractivity contribution in [3.8, 4) is 0 Å². The van der Waals surface area contributed by atoms with Gasteiger partial charge in [-0.3, -0.25) is 4.79 Å². The van der Waals surface area contributed by atoms with Crippen LogP contribution in [0.4, 0.5) is 14.5 Å². The second kappa shape index (κ2) is 8.43. The molecule has 2 heterocycles. The van der Waals surface area contributed by atoms with Gasteiger partial charge in [-0.05, 0) is 62.4 Å². The quantitative estimate of drug-likeness (QED) is 0.545. The molecular weight excluding hydrogens is 424 g/mol. The summed E-state index contributed by atoms with van der Waals surface area (Å²) in [5.74, 6) is -3.37. The van der Waals surface area contributed by atoms with Gasteiger partial charge in [0, 0.05) is 36.8 Å². The van der Waals surface area contributed by atoms with Crippen molar-refractivity contribution in [1.82, 2.24) is 9.55 Å². The van der Waals surface area contributed by atoms with E-state index < -0.39 is 23.5 Å². The highest BCUT2D eigenvalue weighted by Crippen LogP contribution is 2.40. The predicted octanol–water partition coefficient (Wildman–Crippen LogP) is 5.61. The van der Waals surface area contributed by atoms with Crippen molar-refractivity contribution < 1.29 is 18.7 Å². The van der Waals surface area contributed by atoms with E-state index in [4.69, 9.17) is 4.98 Å². The Bertz CT molecular complexity index is 1220. The summed E-state index contributed by atoms with van der Waals surface area (Å²) >= 11 is 0. The molecule has 5 rings (SSSR count). The summed E-state index contributed by atoms with van der Waals surface area (Å²) in [5, 5.41) is 9.98. The number of hydrogen-bond donors (Lipinski definition) is 1. The number of carboxylic acids is 1. The molecule has 3 aromatic rings. The molecule has 1 aliphatic carbocycles. The van der Waals surface area contributed by atoms with Gasteiger partial charge in [-0.2, -0.15) is 0 Å². The van der Waals surface area contributed by atoms with Crippen LogP contribution in [0.1, 0.15) is 67.9 Å². The van der Waals surface area contributed by atoms with E-state index in [9.17, 15) is 18.7 Å². The van der Waals surface area contributed by atoms with Gasteiger partial charge in [-0.25, -0.2) is 13.8 Å². The van der Waals surface area contributed by atoms with Crippen LogP contribution in [0.25, 0.3) is 11.0 Å². The molecule has 0 radical (unpaired) electrons. The van der Waals surface area contributed by atoms with E-state index in [1.54, 1.807) is 0 Å². The second-order valence-electron chi connectivity index (χ2n) is 9.53. The van der Waals surface area contributed by atoms with Gasteiger partial charge in [0.25, 0.3) is 0 Å². The Morgan fingerprint density at radius 1 is 1.15 bits per heavy atom. The van der Waals surface area contributed by atoms with Crippen molar-refractivity contribution in [3.63, 3.8) is 0 Å². The number of aromatic nitrogens is 2. The molecule has 1 N–H and O–H groups in total. The number of hydrogen-bond acceptors (Lipinski definition) is 3. The van der Waals surface area contributed by atoms with Crippen LogP contribution in [-0.4, -0.2) is 33.7 Å². The molecule has 1 aliphatic heterocycles. The number of halogens is 2. The van der Waals surface area contributed by atoms with Gasteiger partial charge in [0.15, 0.2) is 11.6 Å². The van der Waals surface area contributed by atoms with Gasteiger partial charge >= 0.3 is 5.97 Å². The first-order valence-electron chi connectivity index (χ1n) is 11.8. The lowest BCUT2D eigenvalue weighted by molar-refractivity contribution is -0.138. The molecule has 7 heteroatoms. The molecule has 2 unspecified atom stereocenters. The van der Waals surface area contributed by atoms with Crippen LogP contribution >= 0.6 is 0 Å². The van der Waals surface area contributed by atoms with E-state index in [1.807, 2.05) is 0 Å². The number of aryl methyl sites for hydroxylation is 1. The lowest BCUT2D eigenvalue weighted by Gasteiger charge is -2.34. The molecular formula is C26H29F2N3O2. The third-order valence-electron chi connectivity index (χ3n) is 7.59. The lowest BCUT2D eigenvalue weighted by atomic mass is 9.95. The Kier molecular flexibility index (Phi) is 5.59. The van der Waals surface area contributed by atoms with E-state index in [0.29, 0.717) is 11.9 Å². The van der Waals surface area contributed by atoms with E-state index in [0.717, 1.165) is 61.7 Å². The molecule has 0 spiro atoms. The average molecular weight is 454 g/mol. The fraction of sp³-hybridized carbons (Fsp3) is 0.462. The third-order valence-corrected chi connectivity index (χ3v) is 7.59. The Hall–Kier alpha value is -2.96. The zero-order valence-electron chi connectivity index (χ0n) is 19.0. The molecule has 0 bridgehead atoms. The molecule has 2 atom stereocenters. The fourth-order valence-electron chi connectivity index (χ4n) is 5.59. The van der Waals surface area contributed by atoms with Crippen molar-refractivity contribution in [2.45, 2.75) is 69.9 Å². The van der Waals surface area contributed by atoms with Gasteiger partial charge in [-0.1, -0.05) is 18.9 Å². The highest BCUT2D eigenvalue weighted by Gasteiger charge is 2.30. The standard InChI is InChI=1S/C26H29F2N3O2/c1-15-7-9-18-22(30(15)2)11-12-23-25(18)29-24(31(23)17-5-3-4-6-17)14-19(26(32)33)16-8-10-20(27)21(28)13-16/h8,10-13,15,17,19H,3-7,9,14H2,1-2H3,(H,32,33). The van der Waals surface area contributed by atoms with E-state index in [2.05, 4.69) is 35.6 Å². The first kappa shape index (κ1) is 21.9.